The Morgan fingerprint density at radius 3 is 1.88 bits per heavy atom. The summed E-state index contributed by atoms with van der Waals surface area (Å²) in [6.07, 6.45) is -0.853. The first-order valence-corrected chi connectivity index (χ1v) is 3.07. The first-order chi connectivity index (χ1) is 3.55. The van der Waals surface area contributed by atoms with E-state index in [4.69, 9.17) is 11.5 Å². The van der Waals surface area contributed by atoms with Crippen LogP contribution in [0.2, 0.25) is 0 Å². The Labute approximate surface area is 49.0 Å². The van der Waals surface area contributed by atoms with Crippen molar-refractivity contribution in [1.82, 2.24) is 0 Å². The second-order valence-corrected chi connectivity index (χ2v) is 2.48. The third-order valence-corrected chi connectivity index (χ3v) is 1.53. The average Bonchev–Trinajstić information content (AvgIpc) is 1.64. The Bertz CT molecular complexity index is 183. The molecule has 0 fully saturated rings. The summed E-state index contributed by atoms with van der Waals surface area (Å²) in [6, 6.07) is 0. The molecule has 4 N–H and O–H groups in total. The van der Waals surface area contributed by atoms with Crippen LogP contribution in [0.5, 0.6) is 0 Å². The number of hydrogen-bond acceptors (Lipinski definition) is 4. The van der Waals surface area contributed by atoms with Crippen LogP contribution in [0.3, 0.4) is 0 Å². The van der Waals surface area contributed by atoms with Gasteiger partial charge in [0.05, 0.1) is 11.0 Å². The van der Waals surface area contributed by atoms with Gasteiger partial charge in [-0.05, 0) is 6.92 Å². The van der Waals surface area contributed by atoms with Crippen molar-refractivity contribution in [2.24, 2.45) is 11.5 Å². The smallest absolute Gasteiger partial charge is 0.215 e. The van der Waals surface area contributed by atoms with Gasteiger partial charge in [0.2, 0.25) is 10.3 Å². The van der Waals surface area contributed by atoms with Gasteiger partial charge < -0.3 is 11.5 Å². The van der Waals surface area contributed by atoms with E-state index >= 15 is 0 Å². The van der Waals surface area contributed by atoms with E-state index in [0.29, 0.717) is 0 Å². The summed E-state index contributed by atoms with van der Waals surface area (Å²) in [4.78, 5) is 0.0741. The Morgan fingerprint density at radius 2 is 1.88 bits per heavy atom. The largest absolute Gasteiger partial charge is 0.312 e. The number of nitrogens with two attached hydrogens (primary N) is 2. The minimum absolute atomic E-state index is 0.0741. The van der Waals surface area contributed by atoms with E-state index in [1.54, 1.807) is 0 Å². The molecule has 8 heavy (non-hydrogen) atoms. The van der Waals surface area contributed by atoms with E-state index < -0.39 is 16.5 Å². The molecular formula is C3H8N2O2S. The van der Waals surface area contributed by atoms with Gasteiger partial charge in [0.25, 0.3) is 0 Å². The lowest BCUT2D eigenvalue weighted by Crippen LogP contribution is -2.37. The number of rotatable bonds is 1. The normalized spacial score (nSPS) is 9.50. The molecule has 0 bridgehead atoms. The second-order valence-electron chi connectivity index (χ2n) is 1.37. The SMILES string of the molecule is CC(C(N)N)=S(=O)=O. The maximum atomic E-state index is 9.94. The predicted molar refractivity (Wildman–Crippen MR) is 31.8 cm³/mol. The molecule has 0 aromatic rings. The highest BCUT2D eigenvalue weighted by Crippen LogP contribution is 1.68. The summed E-state index contributed by atoms with van der Waals surface area (Å²) >= 11 is 0. The van der Waals surface area contributed by atoms with E-state index in [9.17, 15) is 8.42 Å². The van der Waals surface area contributed by atoms with Crippen LogP contribution in [0.4, 0.5) is 0 Å². The molecule has 0 heterocycles. The van der Waals surface area contributed by atoms with Crippen LogP contribution in [-0.2, 0) is 10.3 Å². The predicted octanol–water partition coefficient (Wildman–Crippen LogP) is -1.70. The van der Waals surface area contributed by atoms with Crippen molar-refractivity contribution in [1.29, 1.82) is 0 Å². The first-order valence-electron chi connectivity index (χ1n) is 1.99. The minimum Gasteiger partial charge on any atom is -0.312 e. The molecule has 0 rings (SSSR count). The topological polar surface area (TPSA) is 86.2 Å². The quantitative estimate of drug-likeness (QED) is 0.332. The fraction of sp³-hybridized carbons (Fsp3) is 0.667. The zero-order chi connectivity index (χ0) is 6.73. The van der Waals surface area contributed by atoms with E-state index in [1.807, 2.05) is 0 Å². The van der Waals surface area contributed by atoms with E-state index in [-0.39, 0.29) is 4.86 Å². The molecule has 5 heteroatoms. The Kier molecular flexibility index (Phi) is 2.67. The van der Waals surface area contributed by atoms with E-state index in [0.717, 1.165) is 0 Å². The van der Waals surface area contributed by atoms with Crippen molar-refractivity contribution < 1.29 is 8.42 Å². The lowest BCUT2D eigenvalue weighted by atomic mass is 10.4. The standard InChI is InChI=1S/C3H8N2O2S/c1-2(3(4)5)8(6)7/h3H,4-5H2,1H3. The maximum absolute atomic E-state index is 9.94. The average molecular weight is 136 g/mol. The molecule has 0 spiro atoms. The fourth-order valence-electron chi connectivity index (χ4n) is 0.111. The highest BCUT2D eigenvalue weighted by atomic mass is 32.2. The van der Waals surface area contributed by atoms with Crippen LogP contribution in [0.15, 0.2) is 0 Å². The van der Waals surface area contributed by atoms with Crippen molar-refractivity contribution in [3.8, 4) is 0 Å². The summed E-state index contributed by atoms with van der Waals surface area (Å²) in [5.74, 6) is 0. The molecule has 0 unspecified atom stereocenters. The van der Waals surface area contributed by atoms with Crippen LogP contribution >= 0.6 is 0 Å². The van der Waals surface area contributed by atoms with Crippen molar-refractivity contribution in [2.75, 3.05) is 0 Å². The zero-order valence-corrected chi connectivity index (χ0v) is 5.27. The van der Waals surface area contributed by atoms with Crippen LogP contribution in [0.1, 0.15) is 6.92 Å². The minimum atomic E-state index is -2.22. The van der Waals surface area contributed by atoms with Crippen LogP contribution < -0.4 is 11.5 Å². The molecule has 0 aromatic heterocycles. The molecule has 0 atom stereocenters. The molecule has 0 amide bonds. The monoisotopic (exact) mass is 136 g/mol. The van der Waals surface area contributed by atoms with Crippen molar-refractivity contribution in [2.45, 2.75) is 13.1 Å². The number of hydrogen-bond donors (Lipinski definition) is 2. The van der Waals surface area contributed by atoms with Gasteiger partial charge in [0.1, 0.15) is 0 Å². The Hall–Kier alpha value is -0.390. The summed E-state index contributed by atoms with van der Waals surface area (Å²) in [7, 11) is -2.22. The molecule has 0 saturated heterocycles. The summed E-state index contributed by atoms with van der Waals surface area (Å²) in [5, 5.41) is 0. The zero-order valence-electron chi connectivity index (χ0n) is 4.46. The van der Waals surface area contributed by atoms with Gasteiger partial charge in [-0.2, -0.15) is 8.42 Å². The van der Waals surface area contributed by atoms with E-state index in [1.165, 1.54) is 6.92 Å². The van der Waals surface area contributed by atoms with E-state index in [2.05, 4.69) is 0 Å². The van der Waals surface area contributed by atoms with Crippen molar-refractivity contribution in [3.63, 3.8) is 0 Å². The van der Waals surface area contributed by atoms with Gasteiger partial charge in [-0.1, -0.05) is 0 Å². The molecule has 0 aliphatic carbocycles. The summed E-state index contributed by atoms with van der Waals surface area (Å²) in [5.41, 5.74) is 9.97. The van der Waals surface area contributed by atoms with Crippen LogP contribution in [0.25, 0.3) is 0 Å². The second kappa shape index (κ2) is 2.81. The molecule has 0 aliphatic rings. The molecule has 0 radical (unpaired) electrons. The van der Waals surface area contributed by atoms with Crippen molar-refractivity contribution >= 4 is 15.2 Å². The Balaban J connectivity index is 4.50. The lowest BCUT2D eigenvalue weighted by Gasteiger charge is -1.96. The molecule has 0 aromatic carbocycles. The maximum Gasteiger partial charge on any atom is 0.215 e. The van der Waals surface area contributed by atoms with Gasteiger partial charge in [0.15, 0.2) is 0 Å². The third-order valence-electron chi connectivity index (χ3n) is 0.732. The molecular weight excluding hydrogens is 128 g/mol. The Morgan fingerprint density at radius 1 is 1.50 bits per heavy atom. The molecule has 48 valence electrons. The van der Waals surface area contributed by atoms with Gasteiger partial charge in [-0.15, -0.1) is 0 Å². The third kappa shape index (κ3) is 2.06. The fourth-order valence-corrected chi connectivity index (χ4v) is 0.333. The molecule has 0 saturated carbocycles. The highest BCUT2D eigenvalue weighted by molar-refractivity contribution is 7.73. The van der Waals surface area contributed by atoms with Gasteiger partial charge in [-0.25, -0.2) is 0 Å². The highest BCUT2D eigenvalue weighted by Gasteiger charge is 1.97. The van der Waals surface area contributed by atoms with Crippen LogP contribution in [-0.4, -0.2) is 19.4 Å². The first kappa shape index (κ1) is 7.61. The van der Waals surface area contributed by atoms with Crippen molar-refractivity contribution in [3.05, 3.63) is 0 Å². The summed E-state index contributed by atoms with van der Waals surface area (Å²) < 4.78 is 19.9. The van der Waals surface area contributed by atoms with Crippen LogP contribution in [0, 0.1) is 0 Å². The van der Waals surface area contributed by atoms with Gasteiger partial charge >= 0.3 is 0 Å². The van der Waals surface area contributed by atoms with Gasteiger partial charge in [-0.3, -0.25) is 0 Å². The molecule has 4 nitrogen and oxygen atoms in total. The van der Waals surface area contributed by atoms with Gasteiger partial charge in [0, 0.05) is 0 Å². The lowest BCUT2D eigenvalue weighted by molar-refractivity contribution is 0.626. The summed E-state index contributed by atoms with van der Waals surface area (Å²) in [6.45, 7) is 1.37. The molecule has 0 aliphatic heterocycles.